The Morgan fingerprint density at radius 1 is 1.18 bits per heavy atom. The predicted octanol–water partition coefficient (Wildman–Crippen LogP) is 3.96. The largest absolute Gasteiger partial charge is 0.468 e. The zero-order valence-corrected chi connectivity index (χ0v) is 18.8. The number of ether oxygens (including phenoxy) is 2. The van der Waals surface area contributed by atoms with Crippen molar-refractivity contribution in [1.29, 1.82) is 0 Å². The molecule has 33 heavy (non-hydrogen) atoms. The molecule has 0 unspecified atom stereocenters. The number of hydrogen-bond acceptors (Lipinski definition) is 8. The predicted molar refractivity (Wildman–Crippen MR) is 119 cm³/mol. The number of nitrogens with zero attached hydrogens (tertiary/aromatic N) is 4. The molecule has 1 N–H and O–H groups in total. The van der Waals surface area contributed by atoms with Gasteiger partial charge in [-0.15, -0.1) is 11.3 Å². The van der Waals surface area contributed by atoms with Crippen LogP contribution in [0.1, 0.15) is 28.2 Å². The van der Waals surface area contributed by atoms with E-state index in [-0.39, 0.29) is 12.4 Å². The molecule has 176 valence electrons. The smallest absolute Gasteiger partial charge is 0.422 e. The van der Waals surface area contributed by atoms with Gasteiger partial charge in [0.15, 0.2) is 6.61 Å². The maximum atomic E-state index is 12.6. The lowest BCUT2D eigenvalue weighted by Crippen LogP contribution is -2.36. The molecule has 2 aliphatic rings. The highest BCUT2D eigenvalue weighted by atomic mass is 32.1. The number of alkyl halides is 3. The van der Waals surface area contributed by atoms with Crippen LogP contribution in [-0.2, 0) is 30.7 Å². The Kier molecular flexibility index (Phi) is 6.35. The second-order valence-corrected chi connectivity index (χ2v) is 9.22. The van der Waals surface area contributed by atoms with Gasteiger partial charge >= 0.3 is 6.18 Å². The lowest BCUT2D eigenvalue weighted by molar-refractivity contribution is -0.154. The number of hydrogen-bond donors (Lipinski definition) is 1. The van der Waals surface area contributed by atoms with E-state index in [1.165, 1.54) is 16.6 Å². The summed E-state index contributed by atoms with van der Waals surface area (Å²) in [5, 5.41) is 4.37. The quantitative estimate of drug-likeness (QED) is 0.550. The van der Waals surface area contributed by atoms with E-state index in [0.29, 0.717) is 31.1 Å². The highest BCUT2D eigenvalue weighted by Crippen LogP contribution is 2.39. The minimum atomic E-state index is -4.42. The fraction of sp³-hybridized carbons (Fsp3) is 0.500. The van der Waals surface area contributed by atoms with Crippen LogP contribution < -0.4 is 10.1 Å². The number of halogens is 3. The Hall–Kier alpha value is -2.50. The van der Waals surface area contributed by atoms with Crippen LogP contribution >= 0.6 is 11.3 Å². The maximum absolute atomic E-state index is 12.6. The molecule has 1 aliphatic carbocycles. The molecule has 0 saturated carbocycles. The zero-order chi connectivity index (χ0) is 22.8. The van der Waals surface area contributed by atoms with Crippen LogP contribution in [0.4, 0.5) is 19.0 Å². The van der Waals surface area contributed by atoms with Gasteiger partial charge in [0.2, 0.25) is 5.88 Å². The van der Waals surface area contributed by atoms with E-state index in [4.69, 9.17) is 19.4 Å². The zero-order valence-electron chi connectivity index (χ0n) is 18.0. The van der Waals surface area contributed by atoms with Crippen LogP contribution in [0.15, 0.2) is 18.3 Å². The molecule has 5 rings (SSSR count). The van der Waals surface area contributed by atoms with Gasteiger partial charge in [0.05, 0.1) is 25.1 Å². The van der Waals surface area contributed by atoms with Crippen LogP contribution in [-0.4, -0.2) is 58.9 Å². The first-order valence-electron chi connectivity index (χ1n) is 10.9. The van der Waals surface area contributed by atoms with Gasteiger partial charge in [-0.3, -0.25) is 4.90 Å². The molecule has 0 bridgehead atoms. The SMILES string of the molecule is FC(F)(F)COc1ncccc1CNc1nc(CN2CCOCC2)nc2sc3c(c12)CCC3. The van der Waals surface area contributed by atoms with E-state index in [9.17, 15) is 13.2 Å². The molecule has 1 fully saturated rings. The van der Waals surface area contributed by atoms with Crippen molar-refractivity contribution >= 4 is 27.4 Å². The van der Waals surface area contributed by atoms with Crippen molar-refractivity contribution in [2.45, 2.75) is 38.5 Å². The third kappa shape index (κ3) is 5.20. The van der Waals surface area contributed by atoms with Crippen LogP contribution in [0.25, 0.3) is 10.2 Å². The van der Waals surface area contributed by atoms with E-state index < -0.39 is 12.8 Å². The topological polar surface area (TPSA) is 72.4 Å². The van der Waals surface area contributed by atoms with Crippen molar-refractivity contribution < 1.29 is 22.6 Å². The Bertz CT molecular complexity index is 1130. The summed E-state index contributed by atoms with van der Waals surface area (Å²) in [6.45, 7) is 2.56. The highest BCUT2D eigenvalue weighted by molar-refractivity contribution is 7.19. The first-order chi connectivity index (χ1) is 16.0. The lowest BCUT2D eigenvalue weighted by atomic mass is 10.2. The Balaban J connectivity index is 1.41. The lowest BCUT2D eigenvalue weighted by Gasteiger charge is -2.25. The molecule has 0 aromatic carbocycles. The molecule has 0 atom stereocenters. The second-order valence-electron chi connectivity index (χ2n) is 8.14. The van der Waals surface area contributed by atoms with Crippen LogP contribution in [0, 0.1) is 0 Å². The van der Waals surface area contributed by atoms with Gasteiger partial charge in [-0.2, -0.15) is 13.2 Å². The summed E-state index contributed by atoms with van der Waals surface area (Å²) in [4.78, 5) is 18.2. The molecule has 0 radical (unpaired) electrons. The fourth-order valence-electron chi connectivity index (χ4n) is 4.22. The molecule has 1 aliphatic heterocycles. The number of fused-ring (bicyclic) bond motifs is 3. The number of aromatic nitrogens is 3. The second kappa shape index (κ2) is 9.40. The number of rotatable bonds is 7. The Labute approximate surface area is 193 Å². The van der Waals surface area contributed by atoms with Crippen molar-refractivity contribution in [3.05, 3.63) is 40.2 Å². The third-order valence-corrected chi connectivity index (χ3v) is 6.93. The van der Waals surface area contributed by atoms with Gasteiger partial charge in [0.1, 0.15) is 16.5 Å². The van der Waals surface area contributed by atoms with Crippen LogP contribution in [0.3, 0.4) is 0 Å². The van der Waals surface area contributed by atoms with Gasteiger partial charge in [-0.25, -0.2) is 15.0 Å². The van der Waals surface area contributed by atoms with Gasteiger partial charge in [0.25, 0.3) is 0 Å². The van der Waals surface area contributed by atoms with Gasteiger partial charge in [-0.05, 0) is 30.9 Å². The molecule has 3 aromatic heterocycles. The summed E-state index contributed by atoms with van der Waals surface area (Å²) >= 11 is 1.72. The van der Waals surface area contributed by atoms with Crippen molar-refractivity contribution in [1.82, 2.24) is 19.9 Å². The number of pyridine rings is 1. The molecule has 1 saturated heterocycles. The average molecular weight is 480 g/mol. The Morgan fingerprint density at radius 3 is 2.85 bits per heavy atom. The molecular weight excluding hydrogens is 455 g/mol. The monoisotopic (exact) mass is 479 g/mol. The number of aryl methyl sites for hydroxylation is 2. The van der Waals surface area contributed by atoms with Gasteiger partial charge < -0.3 is 14.8 Å². The Morgan fingerprint density at radius 2 is 2.03 bits per heavy atom. The normalized spacial score (nSPS) is 16.8. The van der Waals surface area contributed by atoms with Crippen LogP contribution in [0.5, 0.6) is 5.88 Å². The summed E-state index contributed by atoms with van der Waals surface area (Å²) in [7, 11) is 0. The minimum absolute atomic E-state index is 0.0308. The number of morpholine rings is 1. The van der Waals surface area contributed by atoms with E-state index in [2.05, 4.69) is 15.2 Å². The van der Waals surface area contributed by atoms with E-state index in [0.717, 1.165) is 48.4 Å². The van der Waals surface area contributed by atoms with Crippen molar-refractivity contribution in [2.75, 3.05) is 38.2 Å². The number of nitrogens with one attached hydrogen (secondary N) is 1. The van der Waals surface area contributed by atoms with E-state index in [1.807, 2.05) is 0 Å². The summed E-state index contributed by atoms with van der Waals surface area (Å²) < 4.78 is 48.3. The van der Waals surface area contributed by atoms with Crippen LogP contribution in [0.2, 0.25) is 0 Å². The fourth-order valence-corrected chi connectivity index (χ4v) is 5.50. The minimum Gasteiger partial charge on any atom is -0.468 e. The van der Waals surface area contributed by atoms with Gasteiger partial charge in [0, 0.05) is 36.3 Å². The summed E-state index contributed by atoms with van der Waals surface area (Å²) in [5.41, 5.74) is 1.82. The molecule has 4 heterocycles. The molecule has 3 aromatic rings. The maximum Gasteiger partial charge on any atom is 0.422 e. The summed E-state index contributed by atoms with van der Waals surface area (Å²) in [6, 6.07) is 3.38. The number of anilines is 1. The van der Waals surface area contributed by atoms with E-state index in [1.54, 1.807) is 23.5 Å². The first kappa shape index (κ1) is 22.3. The summed E-state index contributed by atoms with van der Waals surface area (Å²) in [6.07, 6.45) is 0.150. The first-order valence-corrected chi connectivity index (χ1v) is 11.8. The van der Waals surface area contributed by atoms with E-state index >= 15 is 0 Å². The number of thiophene rings is 1. The standard InChI is InChI=1S/C22H24F3N5O2S/c23-22(24,25)13-32-20-14(3-2-6-26-20)11-27-19-18-15-4-1-5-16(15)33-21(18)29-17(28-19)12-30-7-9-31-10-8-30/h2-3,6H,1,4-5,7-13H2,(H,27,28,29). The van der Waals surface area contributed by atoms with Crippen molar-refractivity contribution in [2.24, 2.45) is 0 Å². The molecule has 7 nitrogen and oxygen atoms in total. The van der Waals surface area contributed by atoms with Crippen molar-refractivity contribution in [3.8, 4) is 5.88 Å². The average Bonchev–Trinajstić information content (AvgIpc) is 3.38. The highest BCUT2D eigenvalue weighted by Gasteiger charge is 2.29. The third-order valence-electron chi connectivity index (χ3n) is 5.75. The van der Waals surface area contributed by atoms with Gasteiger partial charge in [-0.1, -0.05) is 6.07 Å². The molecule has 11 heteroatoms. The molecule has 0 amide bonds. The molecular formula is C22H24F3N5O2S. The van der Waals surface area contributed by atoms with Crippen molar-refractivity contribution in [3.63, 3.8) is 0 Å². The summed E-state index contributed by atoms with van der Waals surface area (Å²) in [5.74, 6) is 1.41. The molecule has 0 spiro atoms.